The van der Waals surface area contributed by atoms with E-state index in [2.05, 4.69) is 26.9 Å². The van der Waals surface area contributed by atoms with E-state index in [1.807, 2.05) is 12.4 Å². The second kappa shape index (κ2) is 6.55. The molecule has 1 aliphatic heterocycles. The van der Waals surface area contributed by atoms with E-state index >= 15 is 0 Å². The van der Waals surface area contributed by atoms with Crippen LogP contribution in [0, 0.1) is 5.92 Å². The summed E-state index contributed by atoms with van der Waals surface area (Å²) in [6, 6.07) is 4.19. The summed E-state index contributed by atoms with van der Waals surface area (Å²) in [5, 5.41) is 9.57. The van der Waals surface area contributed by atoms with Crippen molar-refractivity contribution in [1.82, 2.24) is 9.88 Å². The molecule has 1 saturated carbocycles. The lowest BCUT2D eigenvalue weighted by molar-refractivity contribution is 0.0926. The molecule has 0 radical (unpaired) electrons. The molecule has 1 saturated heterocycles. The van der Waals surface area contributed by atoms with Crippen molar-refractivity contribution in [2.75, 3.05) is 37.6 Å². The Kier molecular flexibility index (Phi) is 4.53. The number of aromatic nitrogens is 1. The maximum atomic E-state index is 9.57. The van der Waals surface area contributed by atoms with E-state index in [0.717, 1.165) is 44.9 Å². The van der Waals surface area contributed by atoms with Crippen LogP contribution in [0.5, 0.6) is 0 Å². The Bertz CT molecular complexity index is 395. The van der Waals surface area contributed by atoms with Crippen molar-refractivity contribution in [1.29, 1.82) is 0 Å². The molecule has 1 aromatic rings. The van der Waals surface area contributed by atoms with E-state index < -0.39 is 0 Å². The van der Waals surface area contributed by atoms with Crippen LogP contribution in [-0.2, 0) is 0 Å². The topological polar surface area (TPSA) is 39.6 Å². The van der Waals surface area contributed by atoms with Gasteiger partial charge in [0, 0.05) is 50.8 Å². The number of aliphatic hydroxyl groups is 1. The van der Waals surface area contributed by atoms with Gasteiger partial charge >= 0.3 is 0 Å². The van der Waals surface area contributed by atoms with Crippen molar-refractivity contribution in [3.63, 3.8) is 0 Å². The molecule has 0 aromatic carbocycles. The van der Waals surface area contributed by atoms with Crippen molar-refractivity contribution in [2.24, 2.45) is 5.92 Å². The number of piperazine rings is 1. The Balaban J connectivity index is 1.44. The first-order chi connectivity index (χ1) is 9.81. The minimum atomic E-state index is -0.0326. The molecular formula is C16H25N3O. The van der Waals surface area contributed by atoms with Crippen molar-refractivity contribution >= 4 is 5.69 Å². The zero-order valence-corrected chi connectivity index (χ0v) is 12.1. The molecule has 1 aromatic heterocycles. The fraction of sp³-hybridized carbons (Fsp3) is 0.688. The highest BCUT2D eigenvalue weighted by Crippen LogP contribution is 2.25. The van der Waals surface area contributed by atoms with Crippen LogP contribution < -0.4 is 4.90 Å². The molecule has 2 heterocycles. The highest BCUT2D eigenvalue weighted by atomic mass is 16.3. The van der Waals surface area contributed by atoms with Gasteiger partial charge in [0.15, 0.2) is 0 Å². The standard InChI is InChI=1S/C16H25N3O/c20-16-3-1-14(2-4-16)13-18-9-11-19(12-10-18)15-5-7-17-8-6-15/h5-8,14,16,20H,1-4,9-13H2. The molecule has 1 N–H and O–H groups in total. The van der Waals surface area contributed by atoms with Crippen molar-refractivity contribution in [2.45, 2.75) is 31.8 Å². The van der Waals surface area contributed by atoms with Crippen LogP contribution in [0.3, 0.4) is 0 Å². The summed E-state index contributed by atoms with van der Waals surface area (Å²) in [7, 11) is 0. The average molecular weight is 275 g/mol. The lowest BCUT2D eigenvalue weighted by atomic mass is 9.87. The first-order valence-corrected chi connectivity index (χ1v) is 7.86. The van der Waals surface area contributed by atoms with Crippen LogP contribution >= 0.6 is 0 Å². The van der Waals surface area contributed by atoms with Gasteiger partial charge in [-0.3, -0.25) is 9.88 Å². The van der Waals surface area contributed by atoms with Crippen molar-refractivity contribution < 1.29 is 5.11 Å². The minimum Gasteiger partial charge on any atom is -0.393 e. The van der Waals surface area contributed by atoms with Gasteiger partial charge in [0.05, 0.1) is 6.10 Å². The second-order valence-corrected chi connectivity index (χ2v) is 6.17. The van der Waals surface area contributed by atoms with E-state index in [4.69, 9.17) is 0 Å². The maximum absolute atomic E-state index is 9.57. The first-order valence-electron chi connectivity index (χ1n) is 7.86. The summed E-state index contributed by atoms with van der Waals surface area (Å²) in [5.74, 6) is 0.797. The predicted octanol–water partition coefficient (Wildman–Crippen LogP) is 1.75. The lowest BCUT2D eigenvalue weighted by Crippen LogP contribution is -2.48. The first kappa shape index (κ1) is 13.8. The van der Waals surface area contributed by atoms with Gasteiger partial charge in [0.1, 0.15) is 0 Å². The molecule has 0 spiro atoms. The summed E-state index contributed by atoms with van der Waals surface area (Å²) < 4.78 is 0. The fourth-order valence-corrected chi connectivity index (χ4v) is 3.44. The lowest BCUT2D eigenvalue weighted by Gasteiger charge is -2.38. The van der Waals surface area contributed by atoms with E-state index in [1.165, 1.54) is 25.1 Å². The Hall–Kier alpha value is -1.13. The number of anilines is 1. The molecule has 20 heavy (non-hydrogen) atoms. The molecule has 110 valence electrons. The highest BCUT2D eigenvalue weighted by Gasteiger charge is 2.23. The summed E-state index contributed by atoms with van der Waals surface area (Å²) in [5.41, 5.74) is 1.29. The van der Waals surface area contributed by atoms with E-state index in [0.29, 0.717) is 0 Å². The van der Waals surface area contributed by atoms with Crippen molar-refractivity contribution in [3.05, 3.63) is 24.5 Å². The normalized spacial score (nSPS) is 28.6. The Morgan fingerprint density at radius 3 is 2.30 bits per heavy atom. The van der Waals surface area contributed by atoms with Crippen LogP contribution in [0.15, 0.2) is 24.5 Å². The van der Waals surface area contributed by atoms with Crippen molar-refractivity contribution in [3.8, 4) is 0 Å². The third-order valence-electron chi connectivity index (χ3n) is 4.73. The number of rotatable bonds is 3. The third-order valence-corrected chi connectivity index (χ3v) is 4.73. The summed E-state index contributed by atoms with van der Waals surface area (Å²) in [4.78, 5) is 9.13. The molecule has 1 aliphatic carbocycles. The molecule has 2 aliphatic rings. The highest BCUT2D eigenvalue weighted by molar-refractivity contribution is 5.44. The molecule has 0 bridgehead atoms. The Morgan fingerprint density at radius 2 is 1.65 bits per heavy atom. The summed E-state index contributed by atoms with van der Waals surface area (Å²) >= 11 is 0. The monoisotopic (exact) mass is 275 g/mol. The summed E-state index contributed by atoms with van der Waals surface area (Å²) in [6.45, 7) is 5.75. The Morgan fingerprint density at radius 1 is 1.00 bits per heavy atom. The van der Waals surface area contributed by atoms with Crippen LogP contribution in [0.25, 0.3) is 0 Å². The van der Waals surface area contributed by atoms with Gasteiger partial charge in [-0.05, 0) is 43.7 Å². The quantitative estimate of drug-likeness (QED) is 0.912. The molecule has 0 atom stereocenters. The molecule has 0 unspecified atom stereocenters. The average Bonchev–Trinajstić information content (AvgIpc) is 2.51. The zero-order valence-electron chi connectivity index (χ0n) is 12.1. The largest absolute Gasteiger partial charge is 0.393 e. The molecular weight excluding hydrogens is 250 g/mol. The van der Waals surface area contributed by atoms with Crippen LogP contribution in [0.4, 0.5) is 5.69 Å². The number of pyridine rings is 1. The van der Waals surface area contributed by atoms with Gasteiger partial charge in [-0.25, -0.2) is 0 Å². The van der Waals surface area contributed by atoms with Gasteiger partial charge in [-0.1, -0.05) is 0 Å². The number of aliphatic hydroxyl groups excluding tert-OH is 1. The SMILES string of the molecule is OC1CCC(CN2CCN(c3ccncc3)CC2)CC1. The molecule has 2 fully saturated rings. The zero-order chi connectivity index (χ0) is 13.8. The van der Waals surface area contributed by atoms with Crippen LogP contribution in [0.1, 0.15) is 25.7 Å². The van der Waals surface area contributed by atoms with Gasteiger partial charge in [0.25, 0.3) is 0 Å². The van der Waals surface area contributed by atoms with Gasteiger partial charge in [0.2, 0.25) is 0 Å². The van der Waals surface area contributed by atoms with Gasteiger partial charge in [-0.15, -0.1) is 0 Å². The van der Waals surface area contributed by atoms with E-state index in [1.54, 1.807) is 0 Å². The van der Waals surface area contributed by atoms with E-state index in [-0.39, 0.29) is 6.10 Å². The van der Waals surface area contributed by atoms with Crippen LogP contribution in [-0.4, -0.2) is 53.8 Å². The molecule has 4 nitrogen and oxygen atoms in total. The third kappa shape index (κ3) is 3.49. The van der Waals surface area contributed by atoms with Crippen LogP contribution in [0.2, 0.25) is 0 Å². The molecule has 4 heteroatoms. The smallest absolute Gasteiger partial charge is 0.0540 e. The van der Waals surface area contributed by atoms with Gasteiger partial charge < -0.3 is 10.0 Å². The summed E-state index contributed by atoms with van der Waals surface area (Å²) in [6.07, 6.45) is 8.11. The molecule has 3 rings (SSSR count). The number of nitrogens with zero attached hydrogens (tertiary/aromatic N) is 3. The Labute approximate surface area is 121 Å². The second-order valence-electron chi connectivity index (χ2n) is 6.17. The van der Waals surface area contributed by atoms with Gasteiger partial charge in [-0.2, -0.15) is 0 Å². The number of hydrogen-bond acceptors (Lipinski definition) is 4. The minimum absolute atomic E-state index is 0.0326. The maximum Gasteiger partial charge on any atom is 0.0540 e. The predicted molar refractivity (Wildman–Crippen MR) is 80.9 cm³/mol. The molecule has 0 amide bonds. The van der Waals surface area contributed by atoms with E-state index in [9.17, 15) is 5.11 Å². The number of hydrogen-bond donors (Lipinski definition) is 1. The fourth-order valence-electron chi connectivity index (χ4n) is 3.44.